The molecule has 3 heterocycles. The number of hydrogen-bond acceptors (Lipinski definition) is 5. The first-order chi connectivity index (χ1) is 16.4. The SMILES string of the molecule is CC[C@H]1CN(c2ncc(C(=O)NC)cc2Cl)CCN1C1CCN(C(=O)c2ccc(Cl)cc2)CC1. The van der Waals surface area contributed by atoms with Gasteiger partial charge in [0.2, 0.25) is 0 Å². The zero-order valence-corrected chi connectivity index (χ0v) is 21.1. The van der Waals surface area contributed by atoms with Crippen molar-refractivity contribution in [2.45, 2.75) is 38.3 Å². The Hall–Kier alpha value is -2.35. The molecule has 7 nitrogen and oxygen atoms in total. The van der Waals surface area contributed by atoms with Crippen molar-refractivity contribution in [3.05, 3.63) is 57.7 Å². The highest BCUT2D eigenvalue weighted by Crippen LogP contribution is 2.30. The lowest BCUT2D eigenvalue weighted by Gasteiger charge is -2.47. The molecule has 2 aromatic rings. The summed E-state index contributed by atoms with van der Waals surface area (Å²) in [5.41, 5.74) is 1.15. The third kappa shape index (κ3) is 5.32. The van der Waals surface area contributed by atoms with Crippen LogP contribution in [0.15, 0.2) is 36.5 Å². The van der Waals surface area contributed by atoms with E-state index in [1.807, 2.05) is 4.90 Å². The van der Waals surface area contributed by atoms with E-state index in [-0.39, 0.29) is 11.8 Å². The normalized spacial score (nSPS) is 19.8. The van der Waals surface area contributed by atoms with Crippen LogP contribution in [-0.2, 0) is 0 Å². The van der Waals surface area contributed by atoms with E-state index in [0.29, 0.717) is 33.3 Å². The fourth-order valence-corrected chi connectivity index (χ4v) is 5.43. The number of nitrogens with one attached hydrogen (secondary N) is 1. The lowest BCUT2D eigenvalue weighted by Crippen LogP contribution is -2.58. The van der Waals surface area contributed by atoms with Gasteiger partial charge in [-0.25, -0.2) is 4.98 Å². The lowest BCUT2D eigenvalue weighted by molar-refractivity contribution is 0.0490. The molecule has 1 N–H and O–H groups in total. The van der Waals surface area contributed by atoms with Crippen molar-refractivity contribution in [3.63, 3.8) is 0 Å². The van der Waals surface area contributed by atoms with Crippen LogP contribution in [-0.4, -0.2) is 78.5 Å². The van der Waals surface area contributed by atoms with Gasteiger partial charge in [-0.15, -0.1) is 0 Å². The fourth-order valence-electron chi connectivity index (χ4n) is 5.01. The van der Waals surface area contributed by atoms with Crippen LogP contribution in [0.5, 0.6) is 0 Å². The summed E-state index contributed by atoms with van der Waals surface area (Å²) in [5, 5.41) is 3.74. The van der Waals surface area contributed by atoms with Gasteiger partial charge in [-0.05, 0) is 49.6 Å². The summed E-state index contributed by atoms with van der Waals surface area (Å²) in [6.45, 7) is 6.32. The van der Waals surface area contributed by atoms with Crippen molar-refractivity contribution in [2.24, 2.45) is 0 Å². The van der Waals surface area contributed by atoms with E-state index < -0.39 is 0 Å². The van der Waals surface area contributed by atoms with Crippen LogP contribution in [0.25, 0.3) is 0 Å². The summed E-state index contributed by atoms with van der Waals surface area (Å²) in [6.07, 6.45) is 4.54. The lowest BCUT2D eigenvalue weighted by atomic mass is 9.97. The number of piperazine rings is 1. The maximum Gasteiger partial charge on any atom is 0.253 e. The van der Waals surface area contributed by atoms with E-state index in [0.717, 1.165) is 57.8 Å². The predicted molar refractivity (Wildman–Crippen MR) is 136 cm³/mol. The Morgan fingerprint density at radius 3 is 2.38 bits per heavy atom. The first kappa shape index (κ1) is 24.8. The Morgan fingerprint density at radius 2 is 1.76 bits per heavy atom. The van der Waals surface area contributed by atoms with Crippen LogP contribution in [0.1, 0.15) is 46.9 Å². The molecule has 0 unspecified atom stereocenters. The smallest absolute Gasteiger partial charge is 0.253 e. The Balaban J connectivity index is 1.36. The molecule has 0 aliphatic carbocycles. The van der Waals surface area contributed by atoms with Gasteiger partial charge in [0.1, 0.15) is 5.82 Å². The number of halogens is 2. The summed E-state index contributed by atoms with van der Waals surface area (Å²) < 4.78 is 0. The van der Waals surface area contributed by atoms with Crippen LogP contribution in [0.2, 0.25) is 10.0 Å². The van der Waals surface area contributed by atoms with E-state index in [1.165, 1.54) is 0 Å². The average Bonchev–Trinajstić information content (AvgIpc) is 2.88. The van der Waals surface area contributed by atoms with Crippen molar-refractivity contribution in [3.8, 4) is 0 Å². The average molecular weight is 504 g/mol. The molecule has 0 radical (unpaired) electrons. The number of aromatic nitrogens is 1. The summed E-state index contributed by atoms with van der Waals surface area (Å²) >= 11 is 12.5. The molecule has 2 amide bonds. The second-order valence-corrected chi connectivity index (χ2v) is 9.73. The molecule has 1 aromatic heterocycles. The number of hydrogen-bond donors (Lipinski definition) is 1. The molecule has 1 aromatic carbocycles. The number of carbonyl (C=O) groups excluding carboxylic acids is 2. The minimum atomic E-state index is -0.196. The highest BCUT2D eigenvalue weighted by molar-refractivity contribution is 6.33. The van der Waals surface area contributed by atoms with Gasteiger partial charge < -0.3 is 15.1 Å². The molecular weight excluding hydrogens is 473 g/mol. The van der Waals surface area contributed by atoms with E-state index in [9.17, 15) is 9.59 Å². The number of rotatable bonds is 5. The summed E-state index contributed by atoms with van der Waals surface area (Å²) in [5.74, 6) is 0.613. The Morgan fingerprint density at radius 1 is 1.06 bits per heavy atom. The molecule has 1 atom stereocenters. The van der Waals surface area contributed by atoms with Crippen LogP contribution >= 0.6 is 23.2 Å². The number of benzene rings is 1. The molecule has 34 heavy (non-hydrogen) atoms. The predicted octanol–water partition coefficient (Wildman–Crippen LogP) is 3.95. The van der Waals surface area contributed by atoms with Gasteiger partial charge in [-0.1, -0.05) is 30.1 Å². The zero-order chi connectivity index (χ0) is 24.2. The molecule has 0 saturated carbocycles. The van der Waals surface area contributed by atoms with Gasteiger partial charge in [0.15, 0.2) is 0 Å². The minimum Gasteiger partial charge on any atom is -0.355 e. The first-order valence-electron chi connectivity index (χ1n) is 11.8. The number of likely N-dealkylation sites (tertiary alicyclic amines) is 1. The van der Waals surface area contributed by atoms with E-state index in [4.69, 9.17) is 23.2 Å². The highest BCUT2D eigenvalue weighted by Gasteiger charge is 2.34. The quantitative estimate of drug-likeness (QED) is 0.668. The first-order valence-corrected chi connectivity index (χ1v) is 12.6. The van der Waals surface area contributed by atoms with Gasteiger partial charge in [0.05, 0.1) is 10.6 Å². The number of amides is 2. The largest absolute Gasteiger partial charge is 0.355 e. The number of piperidine rings is 1. The third-order valence-electron chi connectivity index (χ3n) is 6.92. The Labute approximate surface area is 211 Å². The maximum atomic E-state index is 12.8. The number of pyridine rings is 1. The molecule has 0 spiro atoms. The van der Waals surface area contributed by atoms with Crippen molar-refractivity contribution in [1.82, 2.24) is 20.1 Å². The van der Waals surface area contributed by atoms with Crippen molar-refractivity contribution in [2.75, 3.05) is 44.7 Å². The molecule has 4 rings (SSSR count). The van der Waals surface area contributed by atoms with Crippen molar-refractivity contribution in [1.29, 1.82) is 0 Å². The molecule has 2 saturated heterocycles. The van der Waals surface area contributed by atoms with Gasteiger partial charge in [0, 0.05) is 68.6 Å². The molecule has 2 fully saturated rings. The molecule has 0 bridgehead atoms. The van der Waals surface area contributed by atoms with Crippen LogP contribution in [0.3, 0.4) is 0 Å². The summed E-state index contributed by atoms with van der Waals surface area (Å²) in [4.78, 5) is 36.0. The second kappa shape index (κ2) is 10.9. The molecule has 2 aliphatic heterocycles. The fraction of sp³-hybridized carbons (Fsp3) is 0.480. The molecule has 182 valence electrons. The molecule has 9 heteroatoms. The van der Waals surface area contributed by atoms with E-state index >= 15 is 0 Å². The van der Waals surface area contributed by atoms with E-state index in [2.05, 4.69) is 27.0 Å². The van der Waals surface area contributed by atoms with Gasteiger partial charge >= 0.3 is 0 Å². The summed E-state index contributed by atoms with van der Waals surface area (Å²) in [7, 11) is 1.59. The number of nitrogens with zero attached hydrogens (tertiary/aromatic N) is 4. The summed E-state index contributed by atoms with van der Waals surface area (Å²) in [6, 6.07) is 9.64. The zero-order valence-electron chi connectivity index (χ0n) is 19.6. The topological polar surface area (TPSA) is 68.8 Å². The maximum absolute atomic E-state index is 12.8. The standard InChI is InChI=1S/C25H31Cl2N5O2/c1-3-20-16-31(23-22(27)14-18(15-29-23)24(33)28-2)12-13-32(20)21-8-10-30(11-9-21)25(34)17-4-6-19(26)7-5-17/h4-7,14-15,20-21H,3,8-13,16H2,1-2H3,(H,28,33)/t20-/m0/s1. The minimum absolute atomic E-state index is 0.0768. The van der Waals surface area contributed by atoms with Gasteiger partial charge in [0.25, 0.3) is 11.8 Å². The number of carbonyl (C=O) groups is 2. The van der Waals surface area contributed by atoms with Gasteiger partial charge in [-0.3, -0.25) is 14.5 Å². The highest BCUT2D eigenvalue weighted by atomic mass is 35.5. The van der Waals surface area contributed by atoms with Crippen molar-refractivity contribution < 1.29 is 9.59 Å². The number of anilines is 1. The van der Waals surface area contributed by atoms with Gasteiger partial charge in [-0.2, -0.15) is 0 Å². The van der Waals surface area contributed by atoms with Crippen molar-refractivity contribution >= 4 is 40.8 Å². The molecule has 2 aliphatic rings. The van der Waals surface area contributed by atoms with Crippen LogP contribution in [0, 0.1) is 0 Å². The van der Waals surface area contributed by atoms with E-state index in [1.54, 1.807) is 43.6 Å². The molecular formula is C25H31Cl2N5O2. The van der Waals surface area contributed by atoms with Crippen LogP contribution < -0.4 is 10.2 Å². The van der Waals surface area contributed by atoms with Crippen LogP contribution in [0.4, 0.5) is 5.82 Å². The Kier molecular flexibility index (Phi) is 7.96. The third-order valence-corrected chi connectivity index (χ3v) is 7.45. The monoisotopic (exact) mass is 503 g/mol. The second-order valence-electron chi connectivity index (χ2n) is 8.88. The Bertz CT molecular complexity index is 1020.